The summed E-state index contributed by atoms with van der Waals surface area (Å²) in [6.45, 7) is 4.38. The van der Waals surface area contributed by atoms with Crippen LogP contribution in [-0.2, 0) is 0 Å². The second-order valence-electron chi connectivity index (χ2n) is 7.74. The Morgan fingerprint density at radius 1 is 0.750 bits per heavy atom. The minimum absolute atomic E-state index is 0.679. The molecule has 2 aliphatic rings. The first-order valence-electron chi connectivity index (χ1n) is 9.60. The molecular weight excluding hydrogens is 288 g/mol. The number of fused-ring (bicyclic) bond motifs is 1. The number of rotatable bonds is 2. The molecule has 0 aliphatic heterocycles. The molecule has 2 aromatic rings. The Labute approximate surface area is 146 Å². The van der Waals surface area contributed by atoms with Crippen LogP contribution in [0.1, 0.15) is 61.1 Å². The van der Waals surface area contributed by atoms with Crippen LogP contribution in [-0.4, -0.2) is 0 Å². The van der Waals surface area contributed by atoms with E-state index >= 15 is 0 Å². The van der Waals surface area contributed by atoms with Crippen molar-refractivity contribution in [1.29, 1.82) is 0 Å². The summed E-state index contributed by atoms with van der Waals surface area (Å²) in [5.41, 5.74) is 8.70. The second kappa shape index (κ2) is 6.59. The summed E-state index contributed by atoms with van der Waals surface area (Å²) in [7, 11) is 0. The van der Waals surface area contributed by atoms with Gasteiger partial charge in [-0.1, -0.05) is 60.5 Å². The predicted octanol–water partition coefficient (Wildman–Crippen LogP) is 6.96. The average molecular weight is 316 g/mol. The summed E-state index contributed by atoms with van der Waals surface area (Å²) in [5, 5.41) is 0. The third-order valence-corrected chi connectivity index (χ3v) is 6.21. The highest BCUT2D eigenvalue weighted by atomic mass is 14.3. The van der Waals surface area contributed by atoms with Crippen LogP contribution in [0.15, 0.2) is 54.1 Å². The van der Waals surface area contributed by atoms with E-state index in [0.29, 0.717) is 5.92 Å². The fourth-order valence-electron chi connectivity index (χ4n) is 4.63. The second-order valence-corrected chi connectivity index (χ2v) is 7.74. The van der Waals surface area contributed by atoms with E-state index in [-0.39, 0.29) is 0 Å². The van der Waals surface area contributed by atoms with E-state index in [9.17, 15) is 0 Å². The lowest BCUT2D eigenvalue weighted by Gasteiger charge is -2.35. The molecular formula is C24H28. The zero-order chi connectivity index (χ0) is 16.5. The lowest BCUT2D eigenvalue weighted by molar-refractivity contribution is 0.376. The Morgan fingerprint density at radius 2 is 1.50 bits per heavy atom. The summed E-state index contributed by atoms with van der Waals surface area (Å²) in [5.74, 6) is 1.55. The Balaban J connectivity index is 1.61. The monoisotopic (exact) mass is 316 g/mol. The zero-order valence-corrected chi connectivity index (χ0v) is 15.0. The Morgan fingerprint density at radius 3 is 2.29 bits per heavy atom. The largest absolute Gasteiger partial charge is 0.0844 e. The van der Waals surface area contributed by atoms with E-state index in [4.69, 9.17) is 0 Å². The van der Waals surface area contributed by atoms with Gasteiger partial charge >= 0.3 is 0 Å². The summed E-state index contributed by atoms with van der Waals surface area (Å²) in [6.07, 6.45) is 10.8. The molecule has 0 amide bonds. The highest BCUT2D eigenvalue weighted by Gasteiger charge is 2.29. The molecule has 0 heteroatoms. The third-order valence-electron chi connectivity index (χ3n) is 6.21. The number of hydrogen-bond acceptors (Lipinski definition) is 0. The molecule has 124 valence electrons. The van der Waals surface area contributed by atoms with Crippen LogP contribution in [0.2, 0.25) is 0 Å². The van der Waals surface area contributed by atoms with Crippen LogP contribution in [0.4, 0.5) is 0 Å². The first-order chi connectivity index (χ1) is 11.7. The molecule has 1 unspecified atom stereocenters. The van der Waals surface area contributed by atoms with Crippen molar-refractivity contribution in [2.45, 2.75) is 58.3 Å². The van der Waals surface area contributed by atoms with Crippen molar-refractivity contribution in [1.82, 2.24) is 0 Å². The SMILES string of the molecule is Cc1ccc(-c2ccc([C@@H]3CCCC4CCCC=C43)cc2)cc1C. The van der Waals surface area contributed by atoms with E-state index < -0.39 is 0 Å². The summed E-state index contributed by atoms with van der Waals surface area (Å²) < 4.78 is 0. The lowest BCUT2D eigenvalue weighted by atomic mass is 9.69. The molecule has 0 N–H and O–H groups in total. The summed E-state index contributed by atoms with van der Waals surface area (Å²) >= 11 is 0. The molecule has 0 heterocycles. The van der Waals surface area contributed by atoms with Crippen LogP contribution in [0.25, 0.3) is 11.1 Å². The first-order valence-corrected chi connectivity index (χ1v) is 9.60. The van der Waals surface area contributed by atoms with Gasteiger partial charge in [0.15, 0.2) is 0 Å². The number of benzene rings is 2. The van der Waals surface area contributed by atoms with Gasteiger partial charge in [-0.2, -0.15) is 0 Å². The molecule has 1 fully saturated rings. The van der Waals surface area contributed by atoms with Crippen molar-refractivity contribution in [3.8, 4) is 11.1 Å². The number of aryl methyl sites for hydroxylation is 2. The van der Waals surface area contributed by atoms with Gasteiger partial charge in [-0.25, -0.2) is 0 Å². The lowest BCUT2D eigenvalue weighted by Crippen LogP contribution is -2.20. The van der Waals surface area contributed by atoms with E-state index in [0.717, 1.165) is 5.92 Å². The first kappa shape index (κ1) is 15.7. The molecule has 24 heavy (non-hydrogen) atoms. The minimum atomic E-state index is 0.679. The van der Waals surface area contributed by atoms with Crippen LogP contribution >= 0.6 is 0 Å². The fourth-order valence-corrected chi connectivity index (χ4v) is 4.63. The van der Waals surface area contributed by atoms with Crippen molar-refractivity contribution < 1.29 is 0 Å². The van der Waals surface area contributed by atoms with Gasteiger partial charge < -0.3 is 0 Å². The minimum Gasteiger partial charge on any atom is -0.0844 e. The molecule has 0 bridgehead atoms. The van der Waals surface area contributed by atoms with E-state index in [1.165, 1.54) is 66.3 Å². The maximum atomic E-state index is 2.56. The number of allylic oxidation sites excluding steroid dienone is 2. The molecule has 4 rings (SSSR count). The van der Waals surface area contributed by atoms with Gasteiger partial charge in [0.25, 0.3) is 0 Å². The normalized spacial score (nSPS) is 23.5. The van der Waals surface area contributed by atoms with Gasteiger partial charge in [0.2, 0.25) is 0 Å². The molecule has 0 spiro atoms. The van der Waals surface area contributed by atoms with E-state index in [1.54, 1.807) is 5.57 Å². The zero-order valence-electron chi connectivity index (χ0n) is 15.0. The fraction of sp³-hybridized carbons (Fsp3) is 0.417. The highest BCUT2D eigenvalue weighted by molar-refractivity contribution is 5.65. The average Bonchev–Trinajstić information content (AvgIpc) is 2.64. The Bertz CT molecular complexity index is 748. The van der Waals surface area contributed by atoms with Crippen LogP contribution in [0.3, 0.4) is 0 Å². The van der Waals surface area contributed by atoms with Gasteiger partial charge in [0, 0.05) is 5.92 Å². The maximum absolute atomic E-state index is 2.56. The van der Waals surface area contributed by atoms with Crippen LogP contribution < -0.4 is 0 Å². The standard InChI is InChI=1S/C24H28/c1-17-10-11-22(16-18(17)2)19-12-14-21(15-13-19)24-9-5-7-20-6-3-4-8-23(20)24/h8,10-16,20,24H,3-7,9H2,1-2H3/t20?,24-/m0/s1. The smallest absolute Gasteiger partial charge is 0.00509 e. The molecule has 2 aliphatic carbocycles. The Hall–Kier alpha value is -1.82. The number of hydrogen-bond donors (Lipinski definition) is 0. The molecule has 0 radical (unpaired) electrons. The molecule has 0 aromatic heterocycles. The molecule has 2 atom stereocenters. The van der Waals surface area contributed by atoms with Gasteiger partial charge in [0.1, 0.15) is 0 Å². The van der Waals surface area contributed by atoms with Gasteiger partial charge in [-0.05, 0) is 79.7 Å². The maximum Gasteiger partial charge on any atom is 0.00509 e. The van der Waals surface area contributed by atoms with Gasteiger partial charge in [0.05, 0.1) is 0 Å². The van der Waals surface area contributed by atoms with Crippen LogP contribution in [0.5, 0.6) is 0 Å². The van der Waals surface area contributed by atoms with Crippen molar-refractivity contribution in [2.24, 2.45) is 5.92 Å². The molecule has 2 aromatic carbocycles. The van der Waals surface area contributed by atoms with Crippen molar-refractivity contribution in [3.63, 3.8) is 0 Å². The molecule has 1 saturated carbocycles. The van der Waals surface area contributed by atoms with Crippen molar-refractivity contribution >= 4 is 0 Å². The quantitative estimate of drug-likeness (QED) is 0.525. The van der Waals surface area contributed by atoms with Gasteiger partial charge in [-0.3, -0.25) is 0 Å². The van der Waals surface area contributed by atoms with E-state index in [2.05, 4.69) is 62.4 Å². The van der Waals surface area contributed by atoms with Crippen LogP contribution in [0, 0.1) is 19.8 Å². The van der Waals surface area contributed by atoms with Crippen molar-refractivity contribution in [2.75, 3.05) is 0 Å². The molecule has 0 nitrogen and oxygen atoms in total. The predicted molar refractivity (Wildman–Crippen MR) is 103 cm³/mol. The highest BCUT2D eigenvalue weighted by Crippen LogP contribution is 2.45. The molecule has 0 saturated heterocycles. The Kier molecular flexibility index (Phi) is 4.31. The topological polar surface area (TPSA) is 0 Å². The third kappa shape index (κ3) is 2.95. The summed E-state index contributed by atoms with van der Waals surface area (Å²) in [4.78, 5) is 0. The van der Waals surface area contributed by atoms with Crippen molar-refractivity contribution in [3.05, 3.63) is 70.8 Å². The summed E-state index contributed by atoms with van der Waals surface area (Å²) in [6, 6.07) is 16.2. The van der Waals surface area contributed by atoms with Gasteiger partial charge in [-0.15, -0.1) is 0 Å². The van der Waals surface area contributed by atoms with E-state index in [1.807, 2.05) is 0 Å².